The Bertz CT molecular complexity index is 724. The number of carbonyl (C=O) groups excluding carboxylic acids is 1. The molecule has 2 aromatic rings. The monoisotopic (exact) mass is 372 g/mol. The van der Waals surface area contributed by atoms with Gasteiger partial charge in [-0.05, 0) is 56.3 Å². The molecule has 0 aliphatic carbocycles. The second-order valence-electron chi connectivity index (χ2n) is 6.79. The Morgan fingerprint density at radius 3 is 2.67 bits per heavy atom. The number of nitrogens with zero attached hydrogens (tertiary/aromatic N) is 1. The molecule has 1 fully saturated rings. The first-order valence-electron chi connectivity index (χ1n) is 9.46. The molecule has 1 aliphatic rings. The van der Waals surface area contributed by atoms with Crippen LogP contribution in [0.5, 0.6) is 11.5 Å². The molecule has 0 saturated carbocycles. The number of amides is 1. The van der Waals surface area contributed by atoms with Crippen LogP contribution in [0, 0.1) is 0 Å². The third kappa shape index (κ3) is 5.04. The van der Waals surface area contributed by atoms with E-state index in [1.807, 2.05) is 30.3 Å². The van der Waals surface area contributed by atoms with Crippen molar-refractivity contribution in [1.29, 1.82) is 0 Å². The lowest BCUT2D eigenvalue weighted by Gasteiger charge is -2.33. The number of carbonyl (C=O) groups is 1. The van der Waals surface area contributed by atoms with E-state index in [4.69, 9.17) is 13.9 Å². The zero-order chi connectivity index (χ0) is 19.1. The summed E-state index contributed by atoms with van der Waals surface area (Å²) in [5.41, 5.74) is 0.807. The van der Waals surface area contributed by atoms with Crippen LogP contribution in [-0.2, 0) is 11.2 Å². The van der Waals surface area contributed by atoms with E-state index >= 15 is 0 Å². The molecule has 0 spiro atoms. The predicted molar refractivity (Wildman–Crippen MR) is 103 cm³/mol. The molecule has 1 atom stereocenters. The minimum absolute atomic E-state index is 0.0462. The van der Waals surface area contributed by atoms with Crippen molar-refractivity contribution in [2.75, 3.05) is 33.9 Å². The fourth-order valence-corrected chi connectivity index (χ4v) is 3.59. The first-order chi connectivity index (χ1) is 13.2. The maximum Gasteiger partial charge on any atom is 0.224 e. The van der Waals surface area contributed by atoms with Crippen LogP contribution in [0.15, 0.2) is 41.0 Å². The Kier molecular flexibility index (Phi) is 6.76. The van der Waals surface area contributed by atoms with Gasteiger partial charge in [-0.2, -0.15) is 0 Å². The normalized spacial score (nSPS) is 15.9. The van der Waals surface area contributed by atoms with E-state index in [1.54, 1.807) is 20.5 Å². The number of methoxy groups -OCH3 is 2. The van der Waals surface area contributed by atoms with E-state index < -0.39 is 0 Å². The maximum atomic E-state index is 12.6. The summed E-state index contributed by atoms with van der Waals surface area (Å²) < 4.78 is 16.3. The molecule has 1 aliphatic heterocycles. The summed E-state index contributed by atoms with van der Waals surface area (Å²) >= 11 is 0. The molecule has 0 radical (unpaired) electrons. The van der Waals surface area contributed by atoms with Crippen molar-refractivity contribution in [2.24, 2.45) is 0 Å². The van der Waals surface area contributed by atoms with Crippen molar-refractivity contribution in [2.45, 2.75) is 31.7 Å². The number of hydrogen-bond acceptors (Lipinski definition) is 5. The van der Waals surface area contributed by atoms with Gasteiger partial charge in [0.1, 0.15) is 17.3 Å². The Morgan fingerprint density at radius 2 is 2.00 bits per heavy atom. The molecule has 6 heteroatoms. The van der Waals surface area contributed by atoms with Gasteiger partial charge < -0.3 is 19.2 Å². The third-order valence-corrected chi connectivity index (χ3v) is 5.03. The highest BCUT2D eigenvalue weighted by molar-refractivity contribution is 5.79. The summed E-state index contributed by atoms with van der Waals surface area (Å²) in [7, 11) is 3.21. The van der Waals surface area contributed by atoms with E-state index in [0.717, 1.165) is 24.4 Å². The summed E-state index contributed by atoms with van der Waals surface area (Å²) in [6, 6.07) is 9.43. The number of hydrogen-bond donors (Lipinski definition) is 1. The van der Waals surface area contributed by atoms with Gasteiger partial charge >= 0.3 is 0 Å². The molecule has 1 aromatic carbocycles. The van der Waals surface area contributed by atoms with Gasteiger partial charge in [-0.3, -0.25) is 9.69 Å². The first kappa shape index (κ1) is 19.3. The molecule has 146 valence electrons. The van der Waals surface area contributed by atoms with E-state index in [-0.39, 0.29) is 18.4 Å². The molecule has 1 saturated heterocycles. The molecule has 1 unspecified atom stereocenters. The number of benzene rings is 1. The summed E-state index contributed by atoms with van der Waals surface area (Å²) in [4.78, 5) is 15.0. The maximum absolute atomic E-state index is 12.6. The average Bonchev–Trinajstić information content (AvgIpc) is 3.23. The largest absolute Gasteiger partial charge is 0.497 e. The Balaban J connectivity index is 1.64. The second-order valence-corrected chi connectivity index (χ2v) is 6.79. The standard InChI is InChI=1S/C21H28N2O4/c1-25-17-8-9-19(26-2)16(13-17)14-21(24)22-15-18(20-7-6-12-27-20)23-10-4-3-5-11-23/h6-9,12-13,18H,3-5,10-11,14-15H2,1-2H3,(H,22,24). The van der Waals surface area contributed by atoms with Crippen molar-refractivity contribution in [3.05, 3.63) is 47.9 Å². The minimum Gasteiger partial charge on any atom is -0.497 e. The summed E-state index contributed by atoms with van der Waals surface area (Å²) in [5, 5.41) is 3.07. The molecule has 3 rings (SSSR count). The molecular weight excluding hydrogens is 344 g/mol. The Labute approximate surface area is 160 Å². The van der Waals surface area contributed by atoms with Gasteiger partial charge in [0.2, 0.25) is 5.91 Å². The van der Waals surface area contributed by atoms with Crippen LogP contribution in [0.1, 0.15) is 36.6 Å². The fourth-order valence-electron chi connectivity index (χ4n) is 3.59. The second kappa shape index (κ2) is 9.46. The number of ether oxygens (including phenoxy) is 2. The average molecular weight is 372 g/mol. The number of piperidine rings is 1. The van der Waals surface area contributed by atoms with Crippen LogP contribution in [0.4, 0.5) is 0 Å². The van der Waals surface area contributed by atoms with Gasteiger partial charge in [-0.25, -0.2) is 0 Å². The van der Waals surface area contributed by atoms with Crippen LogP contribution in [0.3, 0.4) is 0 Å². The first-order valence-corrected chi connectivity index (χ1v) is 9.46. The number of nitrogens with one attached hydrogen (secondary N) is 1. The zero-order valence-electron chi connectivity index (χ0n) is 16.1. The Morgan fingerprint density at radius 1 is 1.19 bits per heavy atom. The SMILES string of the molecule is COc1ccc(OC)c(CC(=O)NCC(c2ccco2)N2CCCCC2)c1. The van der Waals surface area contributed by atoms with Gasteiger partial charge in [0, 0.05) is 12.1 Å². The van der Waals surface area contributed by atoms with Crippen LogP contribution in [-0.4, -0.2) is 44.7 Å². The molecule has 1 aromatic heterocycles. The van der Waals surface area contributed by atoms with E-state index in [0.29, 0.717) is 18.0 Å². The van der Waals surface area contributed by atoms with Gasteiger partial charge in [0.15, 0.2) is 0 Å². The quantitative estimate of drug-likeness (QED) is 0.771. The van der Waals surface area contributed by atoms with Crippen molar-refractivity contribution in [3.8, 4) is 11.5 Å². The zero-order valence-corrected chi connectivity index (χ0v) is 16.1. The topological polar surface area (TPSA) is 63.9 Å². The Hall–Kier alpha value is -2.47. The molecule has 1 N–H and O–H groups in total. The van der Waals surface area contributed by atoms with Crippen molar-refractivity contribution in [3.63, 3.8) is 0 Å². The minimum atomic E-state index is -0.0462. The van der Waals surface area contributed by atoms with Gasteiger partial charge in [-0.15, -0.1) is 0 Å². The summed E-state index contributed by atoms with van der Waals surface area (Å²) in [6.07, 6.45) is 5.57. The van der Waals surface area contributed by atoms with Gasteiger partial charge in [0.05, 0.1) is 32.9 Å². The fraction of sp³-hybridized carbons (Fsp3) is 0.476. The lowest BCUT2D eigenvalue weighted by molar-refractivity contribution is -0.120. The van der Waals surface area contributed by atoms with Crippen LogP contribution in [0.2, 0.25) is 0 Å². The number of rotatable bonds is 8. The van der Waals surface area contributed by atoms with Crippen LogP contribution >= 0.6 is 0 Å². The molecule has 6 nitrogen and oxygen atoms in total. The van der Waals surface area contributed by atoms with Gasteiger partial charge in [-0.1, -0.05) is 6.42 Å². The molecule has 0 bridgehead atoms. The van der Waals surface area contributed by atoms with E-state index in [2.05, 4.69) is 10.2 Å². The number of furan rings is 1. The molecule has 2 heterocycles. The lowest BCUT2D eigenvalue weighted by Crippen LogP contribution is -2.40. The number of likely N-dealkylation sites (tertiary alicyclic amines) is 1. The van der Waals surface area contributed by atoms with Crippen LogP contribution < -0.4 is 14.8 Å². The third-order valence-electron chi connectivity index (χ3n) is 5.03. The highest BCUT2D eigenvalue weighted by Gasteiger charge is 2.25. The van der Waals surface area contributed by atoms with E-state index in [9.17, 15) is 4.79 Å². The highest BCUT2D eigenvalue weighted by atomic mass is 16.5. The highest BCUT2D eigenvalue weighted by Crippen LogP contribution is 2.26. The van der Waals surface area contributed by atoms with Crippen LogP contribution in [0.25, 0.3) is 0 Å². The van der Waals surface area contributed by atoms with Crippen molar-refractivity contribution in [1.82, 2.24) is 10.2 Å². The van der Waals surface area contributed by atoms with Gasteiger partial charge in [0.25, 0.3) is 0 Å². The van der Waals surface area contributed by atoms with E-state index in [1.165, 1.54) is 19.3 Å². The van der Waals surface area contributed by atoms with Crippen molar-refractivity contribution < 1.29 is 18.7 Å². The molecular formula is C21H28N2O4. The lowest BCUT2D eigenvalue weighted by atomic mass is 10.1. The smallest absolute Gasteiger partial charge is 0.224 e. The van der Waals surface area contributed by atoms with Crippen molar-refractivity contribution >= 4 is 5.91 Å². The molecule has 1 amide bonds. The summed E-state index contributed by atoms with van der Waals surface area (Å²) in [5.74, 6) is 2.25. The predicted octanol–water partition coefficient (Wildman–Crippen LogP) is 3.18. The summed E-state index contributed by atoms with van der Waals surface area (Å²) in [6.45, 7) is 2.59. The molecule has 27 heavy (non-hydrogen) atoms.